The molecular weight excluding hydrogens is 616 g/mol. The number of carbonyl (C=O) groups excluding carboxylic acids is 3. The second-order valence-corrected chi connectivity index (χ2v) is 12.3. The number of nitrogens with one attached hydrogen (secondary N) is 1. The van der Waals surface area contributed by atoms with Gasteiger partial charge < -0.3 is 10.1 Å². The number of methoxy groups -OCH3 is 1. The molecule has 0 radical (unpaired) electrons. The van der Waals surface area contributed by atoms with Crippen molar-refractivity contribution in [2.24, 2.45) is 5.92 Å². The number of imide groups is 1. The number of thiazole rings is 1. The van der Waals surface area contributed by atoms with Gasteiger partial charge in [-0.1, -0.05) is 46.8 Å². The summed E-state index contributed by atoms with van der Waals surface area (Å²) >= 11 is 7.95. The van der Waals surface area contributed by atoms with Crippen LogP contribution in [0.25, 0.3) is 0 Å². The number of hydrogen-bond acceptors (Lipinski definition) is 9. The van der Waals surface area contributed by atoms with Crippen LogP contribution in [0.15, 0.2) is 82.6 Å². The number of benzene rings is 3. The van der Waals surface area contributed by atoms with Gasteiger partial charge in [0.05, 0.1) is 28.7 Å². The molecule has 2 aliphatic heterocycles. The standard InChI is InChI=1S/C29H21ClN4O7S2/c1-41-20-12-2-15(3-13-20)22-23-24(27(37)33(26(23)36)18-8-10-19(11-9-18)34(39)40)42-28-25(22)43-29(38)32(28)14-21(35)31-17-6-4-16(30)5-7-17/h2-13,22-24H,14H2,1H3,(H,31,35)/t22-,23+,24-/m0/s1. The number of anilines is 2. The molecular formula is C29H21ClN4O7S2. The van der Waals surface area contributed by atoms with Crippen molar-refractivity contribution in [2.45, 2.75) is 22.7 Å². The van der Waals surface area contributed by atoms with Crippen molar-refractivity contribution < 1.29 is 24.0 Å². The summed E-state index contributed by atoms with van der Waals surface area (Å²) in [4.78, 5) is 65.9. The fourth-order valence-corrected chi connectivity index (χ4v) is 8.18. The number of rotatable bonds is 7. The normalized spacial score (nSPS) is 19.1. The Morgan fingerprint density at radius 1 is 1.00 bits per heavy atom. The molecule has 0 spiro atoms. The van der Waals surface area contributed by atoms with Crippen LogP contribution < -0.4 is 19.8 Å². The molecule has 0 aliphatic carbocycles. The van der Waals surface area contributed by atoms with Gasteiger partial charge in [0.1, 0.15) is 17.5 Å². The maximum atomic E-state index is 14.0. The summed E-state index contributed by atoms with van der Waals surface area (Å²) in [5.41, 5.74) is 1.25. The van der Waals surface area contributed by atoms with E-state index < -0.39 is 44.6 Å². The van der Waals surface area contributed by atoms with Crippen molar-refractivity contribution in [3.8, 4) is 5.75 Å². The Balaban J connectivity index is 1.39. The number of halogens is 1. The Hall–Kier alpha value is -4.46. The predicted molar refractivity (Wildman–Crippen MR) is 162 cm³/mol. The van der Waals surface area contributed by atoms with Gasteiger partial charge >= 0.3 is 4.87 Å². The van der Waals surface area contributed by atoms with Crippen LogP contribution >= 0.6 is 34.7 Å². The zero-order valence-electron chi connectivity index (χ0n) is 22.3. The largest absolute Gasteiger partial charge is 0.497 e. The molecule has 1 fully saturated rings. The van der Waals surface area contributed by atoms with Crippen LogP contribution in [0.5, 0.6) is 5.75 Å². The molecule has 14 heteroatoms. The number of non-ortho nitro benzene ring substituents is 1. The quantitative estimate of drug-likeness (QED) is 0.171. The van der Waals surface area contributed by atoms with E-state index in [-0.39, 0.29) is 17.9 Å². The first-order valence-corrected chi connectivity index (χ1v) is 15.0. The maximum absolute atomic E-state index is 14.0. The highest BCUT2D eigenvalue weighted by molar-refractivity contribution is 8.00. The highest BCUT2D eigenvalue weighted by atomic mass is 35.5. The summed E-state index contributed by atoms with van der Waals surface area (Å²) in [7, 11) is 1.53. The van der Waals surface area contributed by atoms with E-state index in [1.54, 1.807) is 48.5 Å². The van der Waals surface area contributed by atoms with E-state index in [9.17, 15) is 29.3 Å². The molecule has 11 nitrogen and oxygen atoms in total. The second kappa shape index (κ2) is 11.3. The number of carbonyl (C=O) groups is 3. The minimum atomic E-state index is -0.901. The van der Waals surface area contributed by atoms with Crippen LogP contribution in [-0.4, -0.2) is 39.6 Å². The second-order valence-electron chi connectivity index (χ2n) is 9.78. The lowest BCUT2D eigenvalue weighted by atomic mass is 9.83. The molecule has 3 atom stereocenters. The molecule has 4 aromatic rings. The summed E-state index contributed by atoms with van der Waals surface area (Å²) in [5.74, 6) is -2.36. The van der Waals surface area contributed by atoms with Gasteiger partial charge in [-0.25, -0.2) is 4.90 Å². The number of nitrogens with zero attached hydrogens (tertiary/aromatic N) is 3. The lowest BCUT2D eigenvalue weighted by Crippen LogP contribution is -2.33. The number of hydrogen-bond donors (Lipinski definition) is 1. The van der Waals surface area contributed by atoms with E-state index in [1.165, 1.54) is 35.9 Å². The molecule has 218 valence electrons. The van der Waals surface area contributed by atoms with Crippen LogP contribution in [0.1, 0.15) is 16.4 Å². The van der Waals surface area contributed by atoms with E-state index in [0.717, 1.165) is 28.0 Å². The number of amides is 3. The van der Waals surface area contributed by atoms with Crippen LogP contribution in [0.2, 0.25) is 5.02 Å². The molecule has 0 saturated carbocycles. The number of nitro benzene ring substituents is 1. The first-order valence-electron chi connectivity index (χ1n) is 12.9. The lowest BCUT2D eigenvalue weighted by Gasteiger charge is -2.30. The van der Waals surface area contributed by atoms with Gasteiger partial charge in [0.15, 0.2) is 0 Å². The molecule has 0 bridgehead atoms. The Bertz CT molecular complexity index is 1820. The van der Waals surface area contributed by atoms with Crippen LogP contribution in [0.3, 0.4) is 0 Å². The van der Waals surface area contributed by atoms with Crippen molar-refractivity contribution in [1.29, 1.82) is 0 Å². The molecule has 3 amide bonds. The van der Waals surface area contributed by atoms with Crippen LogP contribution in [0, 0.1) is 16.0 Å². The molecule has 0 unspecified atom stereocenters. The fraction of sp³-hybridized carbons (Fsp3) is 0.172. The van der Waals surface area contributed by atoms with Gasteiger partial charge in [0.2, 0.25) is 17.7 Å². The maximum Gasteiger partial charge on any atom is 0.308 e. The van der Waals surface area contributed by atoms with Crippen LogP contribution in [0.4, 0.5) is 17.1 Å². The lowest BCUT2D eigenvalue weighted by molar-refractivity contribution is -0.384. The summed E-state index contributed by atoms with van der Waals surface area (Å²) in [5, 5.41) is 13.9. The van der Waals surface area contributed by atoms with Crippen molar-refractivity contribution in [2.75, 3.05) is 17.3 Å². The Morgan fingerprint density at radius 3 is 2.30 bits per heavy atom. The van der Waals surface area contributed by atoms with Gasteiger partial charge in [-0.2, -0.15) is 0 Å². The first kappa shape index (κ1) is 28.6. The van der Waals surface area contributed by atoms with E-state index >= 15 is 0 Å². The molecule has 3 aromatic carbocycles. The Kier molecular flexibility index (Phi) is 7.54. The first-order chi connectivity index (χ1) is 20.7. The van der Waals surface area contributed by atoms with E-state index in [2.05, 4.69) is 5.32 Å². The number of aromatic nitrogens is 1. The summed E-state index contributed by atoms with van der Waals surface area (Å²) in [6.07, 6.45) is 0. The van der Waals surface area contributed by atoms with E-state index in [0.29, 0.717) is 31.9 Å². The molecule has 43 heavy (non-hydrogen) atoms. The van der Waals surface area contributed by atoms with Crippen molar-refractivity contribution in [3.05, 3.63) is 108 Å². The van der Waals surface area contributed by atoms with Crippen LogP contribution in [-0.2, 0) is 20.9 Å². The molecule has 1 N–H and O–H groups in total. The third-order valence-corrected chi connectivity index (χ3v) is 10.1. The van der Waals surface area contributed by atoms with Crippen molar-refractivity contribution in [3.63, 3.8) is 0 Å². The van der Waals surface area contributed by atoms with Gasteiger partial charge in [-0.05, 0) is 54.1 Å². The molecule has 6 rings (SSSR count). The van der Waals surface area contributed by atoms with Gasteiger partial charge in [-0.3, -0.25) is 33.9 Å². The molecule has 3 heterocycles. The average molecular weight is 637 g/mol. The highest BCUT2D eigenvalue weighted by Crippen LogP contribution is 2.54. The number of fused-ring (bicyclic) bond motifs is 2. The molecule has 1 saturated heterocycles. The average Bonchev–Trinajstić information content (AvgIpc) is 3.44. The smallest absolute Gasteiger partial charge is 0.308 e. The monoisotopic (exact) mass is 636 g/mol. The Labute approximate surface area is 257 Å². The third-order valence-electron chi connectivity index (χ3n) is 7.27. The number of ether oxygens (including phenoxy) is 1. The molecule has 2 aliphatic rings. The summed E-state index contributed by atoms with van der Waals surface area (Å²) in [6, 6.07) is 18.8. The predicted octanol–water partition coefficient (Wildman–Crippen LogP) is 4.91. The van der Waals surface area contributed by atoms with Gasteiger partial charge in [0.25, 0.3) is 5.69 Å². The van der Waals surface area contributed by atoms with Crippen molar-refractivity contribution in [1.82, 2.24) is 4.57 Å². The minimum Gasteiger partial charge on any atom is -0.497 e. The van der Waals surface area contributed by atoms with Crippen molar-refractivity contribution >= 4 is 69.5 Å². The SMILES string of the molecule is COc1ccc([C@@H]2c3sc(=O)n(CC(=O)Nc4ccc(Cl)cc4)c3S[C@@H]3C(=O)N(c4ccc([N+](=O)[O-])cc4)C(=O)[C@H]23)cc1. The molecule has 1 aromatic heterocycles. The fourth-order valence-electron chi connectivity index (χ4n) is 5.28. The highest BCUT2D eigenvalue weighted by Gasteiger charge is 2.56. The topological polar surface area (TPSA) is 141 Å². The number of nitro groups is 1. The zero-order valence-corrected chi connectivity index (χ0v) is 24.7. The minimum absolute atomic E-state index is 0.172. The third kappa shape index (κ3) is 5.19. The zero-order chi connectivity index (χ0) is 30.4. The van der Waals surface area contributed by atoms with Gasteiger partial charge in [-0.15, -0.1) is 0 Å². The van der Waals surface area contributed by atoms with Gasteiger partial charge in [0, 0.05) is 33.6 Å². The summed E-state index contributed by atoms with van der Waals surface area (Å²) < 4.78 is 6.62. The Morgan fingerprint density at radius 2 is 1.67 bits per heavy atom. The van der Waals surface area contributed by atoms with E-state index in [4.69, 9.17) is 16.3 Å². The number of thioether (sulfide) groups is 1. The summed E-state index contributed by atoms with van der Waals surface area (Å²) in [6.45, 7) is -0.304. The van der Waals surface area contributed by atoms with E-state index in [1.807, 2.05) is 0 Å².